The summed E-state index contributed by atoms with van der Waals surface area (Å²) in [5.41, 5.74) is 0.288. The molecule has 0 amide bonds. The molecular formula is C26H30O10. The molecule has 36 heavy (non-hydrogen) atoms. The fourth-order valence-corrected chi connectivity index (χ4v) is 3.02. The second-order valence-corrected chi connectivity index (χ2v) is 7.66. The maximum Gasteiger partial charge on any atom is 0.350 e. The fourth-order valence-electron chi connectivity index (χ4n) is 3.02. The molecule has 0 unspecified atom stereocenters. The van der Waals surface area contributed by atoms with Gasteiger partial charge in [0.05, 0.1) is 32.0 Å². The van der Waals surface area contributed by atoms with Crippen LogP contribution in [-0.2, 0) is 23.8 Å². The average molecular weight is 503 g/mol. The summed E-state index contributed by atoms with van der Waals surface area (Å²) in [7, 11) is 2.00. The Morgan fingerprint density at radius 2 is 1.31 bits per heavy atom. The first kappa shape index (κ1) is 28.3. The predicted octanol–water partition coefficient (Wildman–Crippen LogP) is 3.10. The lowest BCUT2D eigenvalue weighted by Crippen LogP contribution is -2.44. The maximum atomic E-state index is 12.4. The number of aliphatic hydroxyl groups is 1. The van der Waals surface area contributed by atoms with Crippen LogP contribution in [0.15, 0.2) is 48.5 Å². The third kappa shape index (κ3) is 8.38. The Balaban J connectivity index is 1.95. The first-order valence-corrected chi connectivity index (χ1v) is 11.4. The van der Waals surface area contributed by atoms with Crippen LogP contribution in [0.3, 0.4) is 0 Å². The maximum absolute atomic E-state index is 12.4. The van der Waals surface area contributed by atoms with E-state index in [4.69, 9.17) is 14.2 Å². The smallest absolute Gasteiger partial charge is 0.350 e. The average Bonchev–Trinajstić information content (AvgIpc) is 2.90. The van der Waals surface area contributed by atoms with Crippen molar-refractivity contribution >= 4 is 23.9 Å². The number of unbranched alkanes of at least 4 members (excludes halogenated alkanes) is 3. The van der Waals surface area contributed by atoms with Gasteiger partial charge in [-0.3, -0.25) is 0 Å². The van der Waals surface area contributed by atoms with E-state index in [0.717, 1.165) is 33.5 Å². The van der Waals surface area contributed by atoms with Crippen LogP contribution in [0.5, 0.6) is 11.5 Å². The third-order valence-corrected chi connectivity index (χ3v) is 5.05. The first-order valence-electron chi connectivity index (χ1n) is 11.4. The molecule has 194 valence electrons. The minimum atomic E-state index is -2.07. The molecule has 0 aliphatic carbocycles. The van der Waals surface area contributed by atoms with Gasteiger partial charge in [-0.1, -0.05) is 26.2 Å². The van der Waals surface area contributed by atoms with Crippen molar-refractivity contribution in [2.24, 2.45) is 0 Å². The molecular weight excluding hydrogens is 472 g/mol. The highest BCUT2D eigenvalue weighted by Crippen LogP contribution is 2.18. The number of methoxy groups -OCH3 is 2. The van der Waals surface area contributed by atoms with Crippen molar-refractivity contribution in [2.75, 3.05) is 20.8 Å². The van der Waals surface area contributed by atoms with Crippen LogP contribution in [0, 0.1) is 0 Å². The SMILES string of the molecule is CCCCCCOc1ccc(C(=O)Oc2ccc(C(=O)O[C@@H](C(=O)OC)[C@@H](O)C(=O)OC)cc2)cc1. The first-order chi connectivity index (χ1) is 17.3. The Morgan fingerprint density at radius 3 is 1.86 bits per heavy atom. The Morgan fingerprint density at radius 1 is 0.750 bits per heavy atom. The van der Waals surface area contributed by atoms with E-state index in [2.05, 4.69) is 16.4 Å². The van der Waals surface area contributed by atoms with Gasteiger partial charge in [-0.05, 0) is 55.0 Å². The summed E-state index contributed by atoms with van der Waals surface area (Å²) in [5.74, 6) is -3.12. The van der Waals surface area contributed by atoms with Crippen molar-refractivity contribution in [3.8, 4) is 11.5 Å². The molecule has 10 heteroatoms. The zero-order valence-electron chi connectivity index (χ0n) is 20.4. The molecule has 0 aliphatic heterocycles. The quantitative estimate of drug-likeness (QED) is 0.188. The van der Waals surface area contributed by atoms with Gasteiger partial charge in [0.25, 0.3) is 0 Å². The number of hydrogen-bond donors (Lipinski definition) is 1. The second kappa shape index (κ2) is 14.5. The summed E-state index contributed by atoms with van der Waals surface area (Å²) in [5, 5.41) is 9.90. The van der Waals surface area contributed by atoms with Gasteiger partial charge >= 0.3 is 23.9 Å². The third-order valence-electron chi connectivity index (χ3n) is 5.05. The van der Waals surface area contributed by atoms with Gasteiger partial charge in [-0.25, -0.2) is 19.2 Å². The summed E-state index contributed by atoms with van der Waals surface area (Å²) in [6, 6.07) is 11.9. The molecule has 2 atom stereocenters. The zero-order chi connectivity index (χ0) is 26.5. The lowest BCUT2D eigenvalue weighted by atomic mass is 10.2. The van der Waals surface area contributed by atoms with E-state index >= 15 is 0 Å². The number of benzene rings is 2. The monoisotopic (exact) mass is 502 g/mol. The minimum Gasteiger partial charge on any atom is -0.494 e. The summed E-state index contributed by atoms with van der Waals surface area (Å²) < 4.78 is 24.7. The van der Waals surface area contributed by atoms with E-state index in [1.54, 1.807) is 24.3 Å². The molecule has 0 aromatic heterocycles. The Hall–Kier alpha value is -3.92. The van der Waals surface area contributed by atoms with Crippen LogP contribution in [0.4, 0.5) is 0 Å². The van der Waals surface area contributed by atoms with Crippen LogP contribution in [0.1, 0.15) is 53.3 Å². The van der Waals surface area contributed by atoms with Crippen molar-refractivity contribution < 1.29 is 48.0 Å². The van der Waals surface area contributed by atoms with Gasteiger partial charge in [-0.15, -0.1) is 0 Å². The summed E-state index contributed by atoms with van der Waals surface area (Å²) in [6.45, 7) is 2.76. The van der Waals surface area contributed by atoms with E-state index in [1.165, 1.54) is 30.7 Å². The van der Waals surface area contributed by atoms with Crippen LogP contribution in [-0.4, -0.2) is 62.0 Å². The molecule has 0 bridgehead atoms. The molecule has 0 radical (unpaired) electrons. The molecule has 0 aliphatic rings. The molecule has 0 saturated carbocycles. The van der Waals surface area contributed by atoms with Gasteiger partial charge in [-0.2, -0.15) is 0 Å². The number of esters is 4. The van der Waals surface area contributed by atoms with Crippen LogP contribution in [0.2, 0.25) is 0 Å². The number of rotatable bonds is 13. The summed E-state index contributed by atoms with van der Waals surface area (Å²) in [4.78, 5) is 48.2. The highest BCUT2D eigenvalue weighted by molar-refractivity contribution is 5.94. The van der Waals surface area contributed by atoms with Crippen molar-refractivity contribution in [1.29, 1.82) is 0 Å². The number of aliphatic hydroxyl groups excluding tert-OH is 1. The lowest BCUT2D eigenvalue weighted by Gasteiger charge is -2.19. The van der Waals surface area contributed by atoms with E-state index in [9.17, 15) is 24.3 Å². The Labute approximate surface area is 209 Å². The van der Waals surface area contributed by atoms with Crippen LogP contribution < -0.4 is 9.47 Å². The molecule has 0 spiro atoms. The van der Waals surface area contributed by atoms with Gasteiger partial charge in [0, 0.05) is 0 Å². The number of carbonyl (C=O) groups excluding carboxylic acids is 4. The van der Waals surface area contributed by atoms with Gasteiger partial charge < -0.3 is 28.8 Å². The Kier molecular flexibility index (Phi) is 11.4. The van der Waals surface area contributed by atoms with E-state index in [0.29, 0.717) is 17.9 Å². The van der Waals surface area contributed by atoms with Crippen molar-refractivity contribution in [3.63, 3.8) is 0 Å². The molecule has 0 fully saturated rings. The summed E-state index contributed by atoms with van der Waals surface area (Å²) >= 11 is 0. The highest BCUT2D eigenvalue weighted by Gasteiger charge is 2.37. The van der Waals surface area contributed by atoms with E-state index in [1.807, 2.05) is 0 Å². The zero-order valence-corrected chi connectivity index (χ0v) is 20.4. The van der Waals surface area contributed by atoms with Gasteiger partial charge in [0.1, 0.15) is 11.5 Å². The minimum absolute atomic E-state index is 0.0267. The number of hydrogen-bond acceptors (Lipinski definition) is 10. The predicted molar refractivity (Wildman–Crippen MR) is 127 cm³/mol. The second-order valence-electron chi connectivity index (χ2n) is 7.66. The molecule has 10 nitrogen and oxygen atoms in total. The fraction of sp³-hybridized carbons (Fsp3) is 0.385. The summed E-state index contributed by atoms with van der Waals surface area (Å²) in [6.07, 6.45) is 0.415. The molecule has 2 aromatic carbocycles. The Bertz CT molecular complexity index is 1010. The van der Waals surface area contributed by atoms with E-state index < -0.39 is 36.1 Å². The molecule has 0 heterocycles. The molecule has 0 saturated heterocycles. The molecule has 1 N–H and O–H groups in total. The van der Waals surface area contributed by atoms with Crippen molar-refractivity contribution in [2.45, 2.75) is 44.8 Å². The van der Waals surface area contributed by atoms with Crippen molar-refractivity contribution in [3.05, 3.63) is 59.7 Å². The van der Waals surface area contributed by atoms with Crippen molar-refractivity contribution in [1.82, 2.24) is 0 Å². The standard InChI is InChI=1S/C26H30O10/c1-4-5-6-7-16-34-19-12-8-17(9-13-19)23(28)35-20-14-10-18(11-15-20)24(29)36-22(26(31)33-3)21(27)25(30)32-2/h8-15,21-22,27H,4-7,16H2,1-3H3/t21-,22-/m1/s1. The normalized spacial score (nSPS) is 12.1. The van der Waals surface area contributed by atoms with Crippen LogP contribution >= 0.6 is 0 Å². The molecule has 2 aromatic rings. The highest BCUT2D eigenvalue weighted by atomic mass is 16.6. The van der Waals surface area contributed by atoms with Gasteiger partial charge in [0.2, 0.25) is 6.10 Å². The van der Waals surface area contributed by atoms with Crippen LogP contribution in [0.25, 0.3) is 0 Å². The molecule has 2 rings (SSSR count). The number of carbonyl (C=O) groups is 4. The topological polar surface area (TPSA) is 135 Å². The van der Waals surface area contributed by atoms with Gasteiger partial charge in [0.15, 0.2) is 6.10 Å². The van der Waals surface area contributed by atoms with E-state index in [-0.39, 0.29) is 11.3 Å². The largest absolute Gasteiger partial charge is 0.494 e. The number of ether oxygens (including phenoxy) is 5. The lowest BCUT2D eigenvalue weighted by molar-refractivity contribution is -0.170.